The van der Waals surface area contributed by atoms with Crippen molar-refractivity contribution < 1.29 is 0 Å². The number of hydrogen-bond donors (Lipinski definition) is 0. The Balaban J connectivity index is 2.36. The van der Waals surface area contributed by atoms with Gasteiger partial charge in [0.05, 0.1) is 0 Å². The van der Waals surface area contributed by atoms with Crippen LogP contribution in [0, 0.1) is 11.8 Å². The molecule has 0 aromatic rings. The van der Waals surface area contributed by atoms with Gasteiger partial charge in [-0.05, 0) is 24.7 Å². The van der Waals surface area contributed by atoms with E-state index >= 15 is 0 Å². The summed E-state index contributed by atoms with van der Waals surface area (Å²) in [7, 11) is 0. The van der Waals surface area contributed by atoms with Crippen LogP contribution < -0.4 is 0 Å². The fourth-order valence-electron chi connectivity index (χ4n) is 1.36. The minimum Gasteiger partial charge on any atom is -0.103 e. The molecule has 0 aromatic carbocycles. The summed E-state index contributed by atoms with van der Waals surface area (Å²) >= 11 is 0. The normalized spacial score (nSPS) is 33.0. The molecule has 50 valence electrons. The third-order valence-electron chi connectivity index (χ3n) is 2.09. The van der Waals surface area contributed by atoms with Crippen molar-refractivity contribution in [3.63, 3.8) is 0 Å². The first-order valence-corrected chi connectivity index (χ1v) is 3.62. The average molecular weight is 122 g/mol. The molecule has 0 nitrogen and oxygen atoms in total. The van der Waals surface area contributed by atoms with Crippen LogP contribution in [0.3, 0.4) is 0 Å². The molecule has 0 radical (unpaired) electrons. The Morgan fingerprint density at radius 3 is 3.00 bits per heavy atom. The Kier molecular flexibility index (Phi) is 2.10. The van der Waals surface area contributed by atoms with Gasteiger partial charge < -0.3 is 0 Å². The molecule has 1 rings (SSSR count). The van der Waals surface area contributed by atoms with Crippen molar-refractivity contribution in [1.82, 2.24) is 0 Å². The third kappa shape index (κ3) is 1.44. The lowest BCUT2D eigenvalue weighted by molar-refractivity contribution is 0.459. The first-order valence-electron chi connectivity index (χ1n) is 3.62. The Hall–Kier alpha value is -0.520. The first-order chi connectivity index (χ1) is 4.34. The van der Waals surface area contributed by atoms with E-state index in [-0.39, 0.29) is 0 Å². The second-order valence-corrected chi connectivity index (χ2v) is 2.81. The zero-order valence-corrected chi connectivity index (χ0v) is 6.01. The predicted molar refractivity (Wildman–Crippen MR) is 41.2 cm³/mol. The lowest BCUT2D eigenvalue weighted by atomic mass is 9.94. The largest absolute Gasteiger partial charge is 0.103 e. The maximum atomic E-state index is 3.73. The standard InChI is InChI=1S/C9H14/c1-3-5-9-7-4-6-8(9)2/h3-4,6,8-9H,1,5,7H2,2H3. The predicted octanol–water partition coefficient (Wildman–Crippen LogP) is 2.77. The second kappa shape index (κ2) is 2.86. The molecule has 0 amide bonds. The van der Waals surface area contributed by atoms with Gasteiger partial charge in [-0.2, -0.15) is 0 Å². The highest BCUT2D eigenvalue weighted by molar-refractivity contribution is 5.00. The van der Waals surface area contributed by atoms with Crippen LogP contribution in [-0.4, -0.2) is 0 Å². The van der Waals surface area contributed by atoms with Crippen LogP contribution >= 0.6 is 0 Å². The summed E-state index contributed by atoms with van der Waals surface area (Å²) in [6.45, 7) is 6.01. The molecule has 9 heavy (non-hydrogen) atoms. The van der Waals surface area contributed by atoms with E-state index in [1.54, 1.807) is 0 Å². The van der Waals surface area contributed by atoms with Crippen molar-refractivity contribution in [2.75, 3.05) is 0 Å². The van der Waals surface area contributed by atoms with Gasteiger partial charge in [0.1, 0.15) is 0 Å². The van der Waals surface area contributed by atoms with Crippen molar-refractivity contribution in [3.05, 3.63) is 24.8 Å². The molecule has 0 fully saturated rings. The van der Waals surface area contributed by atoms with E-state index in [1.165, 1.54) is 12.8 Å². The highest BCUT2D eigenvalue weighted by atomic mass is 14.2. The van der Waals surface area contributed by atoms with Crippen LogP contribution in [-0.2, 0) is 0 Å². The summed E-state index contributed by atoms with van der Waals surface area (Å²) in [5, 5.41) is 0. The topological polar surface area (TPSA) is 0 Å². The number of rotatable bonds is 2. The summed E-state index contributed by atoms with van der Waals surface area (Å²) in [6, 6.07) is 0. The van der Waals surface area contributed by atoms with Gasteiger partial charge in [0.15, 0.2) is 0 Å². The monoisotopic (exact) mass is 122 g/mol. The summed E-state index contributed by atoms with van der Waals surface area (Å²) in [4.78, 5) is 0. The zero-order chi connectivity index (χ0) is 6.69. The molecule has 0 saturated carbocycles. The molecule has 2 atom stereocenters. The SMILES string of the molecule is C=CCC1CC=CC1C. The molecule has 0 aromatic heterocycles. The minimum absolute atomic E-state index is 0.781. The van der Waals surface area contributed by atoms with E-state index in [0.29, 0.717) is 0 Å². The Bertz CT molecular complexity index is 122. The quantitative estimate of drug-likeness (QED) is 0.494. The van der Waals surface area contributed by atoms with Gasteiger partial charge in [0, 0.05) is 0 Å². The summed E-state index contributed by atoms with van der Waals surface area (Å²) in [5.41, 5.74) is 0. The fourth-order valence-corrected chi connectivity index (χ4v) is 1.36. The van der Waals surface area contributed by atoms with E-state index in [2.05, 4.69) is 25.7 Å². The van der Waals surface area contributed by atoms with Gasteiger partial charge in [-0.15, -0.1) is 6.58 Å². The number of allylic oxidation sites excluding steroid dienone is 3. The van der Waals surface area contributed by atoms with Crippen molar-refractivity contribution >= 4 is 0 Å². The van der Waals surface area contributed by atoms with Crippen LogP contribution in [0.5, 0.6) is 0 Å². The van der Waals surface area contributed by atoms with Gasteiger partial charge in [-0.1, -0.05) is 25.2 Å². The molecular weight excluding hydrogens is 108 g/mol. The number of hydrogen-bond acceptors (Lipinski definition) is 0. The molecule has 0 aliphatic heterocycles. The van der Waals surface area contributed by atoms with Crippen molar-refractivity contribution in [1.29, 1.82) is 0 Å². The molecule has 1 aliphatic rings. The molecule has 0 heterocycles. The van der Waals surface area contributed by atoms with Gasteiger partial charge in [0.25, 0.3) is 0 Å². The minimum atomic E-state index is 0.781. The van der Waals surface area contributed by atoms with E-state index in [4.69, 9.17) is 0 Å². The highest BCUT2D eigenvalue weighted by Gasteiger charge is 2.15. The third-order valence-corrected chi connectivity index (χ3v) is 2.09. The van der Waals surface area contributed by atoms with E-state index in [1.807, 2.05) is 6.08 Å². The van der Waals surface area contributed by atoms with Gasteiger partial charge in [-0.25, -0.2) is 0 Å². The van der Waals surface area contributed by atoms with Crippen LogP contribution in [0.25, 0.3) is 0 Å². The van der Waals surface area contributed by atoms with Crippen molar-refractivity contribution in [2.24, 2.45) is 11.8 Å². The van der Waals surface area contributed by atoms with Crippen LogP contribution in [0.4, 0.5) is 0 Å². The highest BCUT2D eigenvalue weighted by Crippen LogP contribution is 2.27. The summed E-state index contributed by atoms with van der Waals surface area (Å²) in [6.07, 6.45) is 9.03. The molecule has 0 spiro atoms. The average Bonchev–Trinajstić information content (AvgIpc) is 2.18. The first kappa shape index (κ1) is 6.60. The van der Waals surface area contributed by atoms with Crippen LogP contribution in [0.1, 0.15) is 19.8 Å². The van der Waals surface area contributed by atoms with E-state index in [0.717, 1.165) is 11.8 Å². The molecule has 0 bridgehead atoms. The smallest absolute Gasteiger partial charge is 0.0228 e. The van der Waals surface area contributed by atoms with Crippen molar-refractivity contribution in [3.8, 4) is 0 Å². The van der Waals surface area contributed by atoms with Crippen LogP contribution in [0.2, 0.25) is 0 Å². The molecule has 2 unspecified atom stereocenters. The van der Waals surface area contributed by atoms with Gasteiger partial charge in [-0.3, -0.25) is 0 Å². The second-order valence-electron chi connectivity index (χ2n) is 2.81. The molecule has 1 aliphatic carbocycles. The lowest BCUT2D eigenvalue weighted by Crippen LogP contribution is -2.01. The summed E-state index contributed by atoms with van der Waals surface area (Å²) in [5.74, 6) is 1.63. The van der Waals surface area contributed by atoms with Gasteiger partial charge >= 0.3 is 0 Å². The summed E-state index contributed by atoms with van der Waals surface area (Å²) < 4.78 is 0. The molecule has 0 saturated heterocycles. The van der Waals surface area contributed by atoms with E-state index in [9.17, 15) is 0 Å². The maximum Gasteiger partial charge on any atom is -0.0228 e. The molecule has 0 N–H and O–H groups in total. The van der Waals surface area contributed by atoms with Gasteiger partial charge in [0.2, 0.25) is 0 Å². The Labute approximate surface area is 57.3 Å². The zero-order valence-electron chi connectivity index (χ0n) is 6.01. The Morgan fingerprint density at radius 2 is 2.56 bits per heavy atom. The molecular formula is C9H14. The van der Waals surface area contributed by atoms with Crippen LogP contribution in [0.15, 0.2) is 24.8 Å². The molecule has 0 heteroatoms. The Morgan fingerprint density at radius 1 is 1.78 bits per heavy atom. The van der Waals surface area contributed by atoms with E-state index < -0.39 is 0 Å². The lowest BCUT2D eigenvalue weighted by Gasteiger charge is -2.10. The fraction of sp³-hybridized carbons (Fsp3) is 0.556. The van der Waals surface area contributed by atoms with Crippen molar-refractivity contribution in [2.45, 2.75) is 19.8 Å². The maximum absolute atomic E-state index is 3.73.